The van der Waals surface area contributed by atoms with E-state index in [0.29, 0.717) is 6.54 Å². The lowest BCUT2D eigenvalue weighted by Gasteiger charge is -2.24. The molecule has 0 saturated carbocycles. The molecule has 2 aromatic carbocycles. The summed E-state index contributed by atoms with van der Waals surface area (Å²) >= 11 is 0. The smallest absolute Gasteiger partial charge is 0.0687 e. The van der Waals surface area contributed by atoms with Crippen LogP contribution in [0.3, 0.4) is 0 Å². The molecule has 0 spiro atoms. The van der Waals surface area contributed by atoms with Crippen LogP contribution in [-0.2, 0) is 12.0 Å². The summed E-state index contributed by atoms with van der Waals surface area (Å²) in [6.07, 6.45) is 0. The normalized spacial score (nSPS) is 11.7. The van der Waals surface area contributed by atoms with Crippen molar-refractivity contribution in [3.63, 3.8) is 0 Å². The highest BCUT2D eigenvalue weighted by atomic mass is 16.3. The Morgan fingerprint density at radius 3 is 2.50 bits per heavy atom. The van der Waals surface area contributed by atoms with Crippen molar-refractivity contribution in [1.82, 2.24) is 0 Å². The van der Waals surface area contributed by atoms with E-state index < -0.39 is 0 Å². The molecule has 2 heteroatoms. The largest absolute Gasteiger partial charge is 0.392 e. The van der Waals surface area contributed by atoms with Crippen LogP contribution in [0.1, 0.15) is 30.5 Å². The third kappa shape index (κ3) is 2.92. The van der Waals surface area contributed by atoms with Crippen molar-refractivity contribution in [2.24, 2.45) is 5.73 Å². The highest BCUT2D eigenvalue weighted by Crippen LogP contribution is 2.30. The maximum Gasteiger partial charge on any atom is 0.0687 e. The summed E-state index contributed by atoms with van der Waals surface area (Å²) < 4.78 is 0. The number of aliphatic hydroxyl groups excluding tert-OH is 1. The van der Waals surface area contributed by atoms with Crippen molar-refractivity contribution in [2.75, 3.05) is 6.54 Å². The van der Waals surface area contributed by atoms with Gasteiger partial charge >= 0.3 is 0 Å². The van der Waals surface area contributed by atoms with E-state index in [9.17, 15) is 5.11 Å². The molecule has 0 saturated heterocycles. The van der Waals surface area contributed by atoms with Gasteiger partial charge in [0.2, 0.25) is 0 Å². The Kier molecular flexibility index (Phi) is 4.26. The average molecular weight is 269 g/mol. The van der Waals surface area contributed by atoms with Crippen LogP contribution in [0.5, 0.6) is 0 Å². The highest BCUT2D eigenvalue weighted by molar-refractivity contribution is 5.69. The Labute approximate surface area is 121 Å². The minimum atomic E-state index is -0.0424. The van der Waals surface area contributed by atoms with E-state index in [2.05, 4.69) is 51.1 Å². The van der Waals surface area contributed by atoms with Crippen molar-refractivity contribution < 1.29 is 5.11 Å². The van der Waals surface area contributed by atoms with E-state index in [1.165, 1.54) is 11.1 Å². The zero-order valence-electron chi connectivity index (χ0n) is 12.5. The van der Waals surface area contributed by atoms with Gasteiger partial charge in [-0.05, 0) is 29.2 Å². The van der Waals surface area contributed by atoms with E-state index in [0.717, 1.165) is 16.7 Å². The molecule has 20 heavy (non-hydrogen) atoms. The van der Waals surface area contributed by atoms with Gasteiger partial charge in [0.05, 0.1) is 6.61 Å². The van der Waals surface area contributed by atoms with E-state index in [-0.39, 0.29) is 12.0 Å². The zero-order valence-corrected chi connectivity index (χ0v) is 12.5. The second-order valence-electron chi connectivity index (χ2n) is 5.99. The number of rotatable bonds is 4. The topological polar surface area (TPSA) is 46.2 Å². The molecule has 2 rings (SSSR count). The number of hydrogen-bond donors (Lipinski definition) is 2. The monoisotopic (exact) mass is 269 g/mol. The van der Waals surface area contributed by atoms with Gasteiger partial charge in [-0.15, -0.1) is 0 Å². The SMILES string of the molecule is Cc1ccc(CO)c(-c2cccc(C(C)(C)CN)c2)c1. The molecule has 0 bridgehead atoms. The maximum atomic E-state index is 9.53. The Balaban J connectivity index is 2.54. The van der Waals surface area contributed by atoms with Gasteiger partial charge in [0.25, 0.3) is 0 Å². The van der Waals surface area contributed by atoms with Crippen LogP contribution in [0.15, 0.2) is 42.5 Å². The molecule has 106 valence electrons. The molecule has 2 nitrogen and oxygen atoms in total. The first-order valence-electron chi connectivity index (χ1n) is 6.99. The highest BCUT2D eigenvalue weighted by Gasteiger charge is 2.19. The van der Waals surface area contributed by atoms with Crippen LogP contribution in [0.4, 0.5) is 0 Å². The summed E-state index contributed by atoms with van der Waals surface area (Å²) in [6.45, 7) is 7.03. The van der Waals surface area contributed by atoms with Gasteiger partial charge in [-0.3, -0.25) is 0 Å². The molecular formula is C18H23NO. The van der Waals surface area contributed by atoms with Crippen molar-refractivity contribution in [3.8, 4) is 11.1 Å². The Hall–Kier alpha value is -1.64. The predicted octanol–water partition coefficient (Wildman–Crippen LogP) is 3.39. The molecular weight excluding hydrogens is 246 g/mol. The number of hydrogen-bond acceptors (Lipinski definition) is 2. The molecule has 0 aliphatic carbocycles. The number of aliphatic hydroxyl groups is 1. The van der Waals surface area contributed by atoms with Crippen LogP contribution in [-0.4, -0.2) is 11.7 Å². The van der Waals surface area contributed by atoms with E-state index in [4.69, 9.17) is 5.73 Å². The molecule has 3 N–H and O–H groups in total. The molecule has 0 amide bonds. The molecule has 0 fully saturated rings. The van der Waals surface area contributed by atoms with E-state index in [1.54, 1.807) is 0 Å². The van der Waals surface area contributed by atoms with Gasteiger partial charge in [-0.2, -0.15) is 0 Å². The molecule has 0 heterocycles. The van der Waals surface area contributed by atoms with Gasteiger partial charge in [-0.25, -0.2) is 0 Å². The first-order valence-corrected chi connectivity index (χ1v) is 6.99. The zero-order chi connectivity index (χ0) is 14.8. The molecule has 0 unspecified atom stereocenters. The lowest BCUT2D eigenvalue weighted by atomic mass is 9.83. The summed E-state index contributed by atoms with van der Waals surface area (Å²) in [5, 5.41) is 9.53. The van der Waals surface area contributed by atoms with Crippen molar-refractivity contribution in [2.45, 2.75) is 32.8 Å². The lowest BCUT2D eigenvalue weighted by molar-refractivity contribution is 0.282. The fourth-order valence-corrected chi connectivity index (χ4v) is 2.32. The second kappa shape index (κ2) is 5.78. The molecule has 0 aliphatic rings. The van der Waals surface area contributed by atoms with Crippen LogP contribution >= 0.6 is 0 Å². The standard InChI is InChI=1S/C18H23NO/c1-13-7-8-15(11-20)17(9-13)14-5-4-6-16(10-14)18(2,3)12-19/h4-10,20H,11-12,19H2,1-3H3. The Bertz CT molecular complexity index is 602. The molecule has 0 atom stereocenters. The summed E-state index contributed by atoms with van der Waals surface area (Å²) in [5.74, 6) is 0. The fraction of sp³-hybridized carbons (Fsp3) is 0.333. The summed E-state index contributed by atoms with van der Waals surface area (Å²) in [6, 6.07) is 14.6. The van der Waals surface area contributed by atoms with Gasteiger partial charge in [0.15, 0.2) is 0 Å². The lowest BCUT2D eigenvalue weighted by Crippen LogP contribution is -2.27. The van der Waals surface area contributed by atoms with Gasteiger partial charge in [0, 0.05) is 12.0 Å². The summed E-state index contributed by atoms with van der Waals surface area (Å²) in [7, 11) is 0. The number of aryl methyl sites for hydroxylation is 1. The van der Waals surface area contributed by atoms with Crippen LogP contribution in [0, 0.1) is 6.92 Å². The van der Waals surface area contributed by atoms with Crippen LogP contribution in [0.25, 0.3) is 11.1 Å². The summed E-state index contributed by atoms with van der Waals surface area (Å²) in [5.41, 5.74) is 11.4. The summed E-state index contributed by atoms with van der Waals surface area (Å²) in [4.78, 5) is 0. The van der Waals surface area contributed by atoms with Crippen molar-refractivity contribution >= 4 is 0 Å². The number of benzene rings is 2. The predicted molar refractivity (Wildman–Crippen MR) is 84.6 cm³/mol. The third-order valence-electron chi connectivity index (χ3n) is 3.90. The van der Waals surface area contributed by atoms with Crippen LogP contribution in [0.2, 0.25) is 0 Å². The number of nitrogens with two attached hydrogens (primary N) is 1. The van der Waals surface area contributed by atoms with Crippen molar-refractivity contribution in [1.29, 1.82) is 0 Å². The molecule has 0 aromatic heterocycles. The van der Waals surface area contributed by atoms with E-state index >= 15 is 0 Å². The molecule has 0 radical (unpaired) electrons. The average Bonchev–Trinajstić information content (AvgIpc) is 2.47. The first kappa shape index (κ1) is 14.8. The van der Waals surface area contributed by atoms with E-state index in [1.807, 2.05) is 12.1 Å². The fourth-order valence-electron chi connectivity index (χ4n) is 2.32. The molecule has 2 aromatic rings. The van der Waals surface area contributed by atoms with Gasteiger partial charge < -0.3 is 10.8 Å². The minimum absolute atomic E-state index is 0.0424. The minimum Gasteiger partial charge on any atom is -0.392 e. The van der Waals surface area contributed by atoms with Gasteiger partial charge in [0.1, 0.15) is 0 Å². The Morgan fingerprint density at radius 1 is 1.10 bits per heavy atom. The third-order valence-corrected chi connectivity index (χ3v) is 3.90. The first-order chi connectivity index (χ1) is 9.47. The quantitative estimate of drug-likeness (QED) is 0.893. The Morgan fingerprint density at radius 2 is 1.85 bits per heavy atom. The molecule has 0 aliphatic heterocycles. The second-order valence-corrected chi connectivity index (χ2v) is 5.99. The maximum absolute atomic E-state index is 9.53. The van der Waals surface area contributed by atoms with Gasteiger partial charge in [-0.1, -0.05) is 61.9 Å². The van der Waals surface area contributed by atoms with Crippen LogP contribution < -0.4 is 5.73 Å². The van der Waals surface area contributed by atoms with Crippen molar-refractivity contribution in [3.05, 3.63) is 59.2 Å².